The average molecular weight is 382 g/mol. The van der Waals surface area contributed by atoms with Gasteiger partial charge in [0, 0.05) is 0 Å². The van der Waals surface area contributed by atoms with Crippen molar-refractivity contribution in [3.8, 4) is 11.8 Å². The summed E-state index contributed by atoms with van der Waals surface area (Å²) in [7, 11) is 0. The van der Waals surface area contributed by atoms with Gasteiger partial charge in [-0.2, -0.15) is 10.4 Å². The van der Waals surface area contributed by atoms with E-state index >= 15 is 0 Å². The number of rotatable bonds is 6. The van der Waals surface area contributed by atoms with Crippen LogP contribution in [0.3, 0.4) is 0 Å². The van der Waals surface area contributed by atoms with Crippen molar-refractivity contribution in [2.24, 2.45) is 5.92 Å². The summed E-state index contributed by atoms with van der Waals surface area (Å²) in [5.74, 6) is -1.24. The molecule has 0 saturated heterocycles. The van der Waals surface area contributed by atoms with E-state index in [1.54, 1.807) is 25.5 Å². The number of nitrogens with zero attached hydrogens (tertiary/aromatic N) is 3. The fraction of sp³-hybridized carbons (Fsp3) is 0.429. The minimum absolute atomic E-state index is 0.0991. The van der Waals surface area contributed by atoms with Gasteiger partial charge in [-0.15, -0.1) is 0 Å². The van der Waals surface area contributed by atoms with E-state index in [1.165, 1.54) is 6.92 Å². The van der Waals surface area contributed by atoms with Gasteiger partial charge in [-0.1, -0.05) is 32.0 Å². The van der Waals surface area contributed by atoms with Crippen LogP contribution in [-0.4, -0.2) is 33.3 Å². The van der Waals surface area contributed by atoms with Crippen molar-refractivity contribution in [1.82, 2.24) is 15.1 Å². The molecule has 0 aliphatic carbocycles. The SMILES string of the molecule is Cc1nn(-c2ccccc2)c(C)c1C(=O)O[C@@H](C)C(=O)N[C@@](C)(C#N)C(C)C. The Kier molecular flexibility index (Phi) is 6.24. The van der Waals surface area contributed by atoms with Crippen LogP contribution in [0.15, 0.2) is 30.3 Å². The molecule has 0 aliphatic rings. The van der Waals surface area contributed by atoms with E-state index < -0.39 is 23.5 Å². The van der Waals surface area contributed by atoms with E-state index in [1.807, 2.05) is 44.2 Å². The highest BCUT2D eigenvalue weighted by Gasteiger charge is 2.33. The predicted molar refractivity (Wildman–Crippen MR) is 105 cm³/mol. The summed E-state index contributed by atoms with van der Waals surface area (Å²) in [6.07, 6.45) is -1.04. The molecule has 2 rings (SSSR count). The topological polar surface area (TPSA) is 97.0 Å². The van der Waals surface area contributed by atoms with Crippen LogP contribution in [0.1, 0.15) is 49.4 Å². The highest BCUT2D eigenvalue weighted by atomic mass is 16.5. The summed E-state index contributed by atoms with van der Waals surface area (Å²) in [6, 6.07) is 11.6. The zero-order chi connectivity index (χ0) is 21.1. The summed E-state index contributed by atoms with van der Waals surface area (Å²) in [5.41, 5.74) is 1.26. The molecule has 148 valence electrons. The Bertz CT molecular complexity index is 912. The molecule has 1 aromatic carbocycles. The van der Waals surface area contributed by atoms with Gasteiger partial charge >= 0.3 is 5.97 Å². The number of nitrogens with one attached hydrogen (secondary N) is 1. The summed E-state index contributed by atoms with van der Waals surface area (Å²) in [5, 5.41) is 16.4. The van der Waals surface area contributed by atoms with Gasteiger partial charge in [-0.25, -0.2) is 9.48 Å². The minimum atomic E-state index is -1.04. The number of hydrogen-bond donors (Lipinski definition) is 1. The Labute approximate surface area is 165 Å². The molecule has 0 spiro atoms. The molecule has 0 unspecified atom stereocenters. The van der Waals surface area contributed by atoms with Crippen molar-refractivity contribution in [2.75, 3.05) is 0 Å². The highest BCUT2D eigenvalue weighted by molar-refractivity contribution is 5.94. The molecule has 1 amide bonds. The van der Waals surface area contributed by atoms with Crippen LogP contribution >= 0.6 is 0 Å². The standard InChI is InChI=1S/C21H26N4O3/c1-13(2)21(6,12-22)23-19(26)16(5)28-20(27)18-14(3)24-25(15(18)4)17-10-8-7-9-11-17/h7-11,13,16H,1-6H3,(H,23,26)/t16-,21-/m0/s1. The predicted octanol–water partition coefficient (Wildman–Crippen LogP) is 3.09. The third-order valence-corrected chi connectivity index (χ3v) is 4.92. The molecule has 1 heterocycles. The van der Waals surface area contributed by atoms with Crippen LogP contribution in [-0.2, 0) is 9.53 Å². The molecule has 1 N–H and O–H groups in total. The van der Waals surface area contributed by atoms with Crippen molar-refractivity contribution >= 4 is 11.9 Å². The van der Waals surface area contributed by atoms with E-state index in [9.17, 15) is 14.9 Å². The van der Waals surface area contributed by atoms with Crippen LogP contribution in [0.25, 0.3) is 5.69 Å². The van der Waals surface area contributed by atoms with Gasteiger partial charge < -0.3 is 10.1 Å². The summed E-state index contributed by atoms with van der Waals surface area (Å²) >= 11 is 0. The summed E-state index contributed by atoms with van der Waals surface area (Å²) in [6.45, 7) is 10.3. The largest absolute Gasteiger partial charge is 0.449 e. The fourth-order valence-corrected chi connectivity index (χ4v) is 2.69. The molecule has 0 bridgehead atoms. The summed E-state index contributed by atoms with van der Waals surface area (Å²) in [4.78, 5) is 25.1. The Hall–Kier alpha value is -3.14. The first-order valence-corrected chi connectivity index (χ1v) is 9.16. The number of carbonyl (C=O) groups excluding carboxylic acids is 2. The molecule has 0 radical (unpaired) electrons. The van der Waals surface area contributed by atoms with E-state index in [4.69, 9.17) is 4.74 Å². The molecule has 2 aromatic rings. The van der Waals surface area contributed by atoms with Crippen molar-refractivity contribution < 1.29 is 14.3 Å². The lowest BCUT2D eigenvalue weighted by Crippen LogP contribution is -2.52. The Balaban J connectivity index is 2.18. The zero-order valence-electron chi connectivity index (χ0n) is 17.1. The van der Waals surface area contributed by atoms with E-state index in [0.29, 0.717) is 17.0 Å². The molecule has 28 heavy (non-hydrogen) atoms. The molecule has 1 aromatic heterocycles. The summed E-state index contributed by atoms with van der Waals surface area (Å²) < 4.78 is 7.03. The fourth-order valence-electron chi connectivity index (χ4n) is 2.69. The smallest absolute Gasteiger partial charge is 0.342 e. The number of carbonyl (C=O) groups is 2. The molecular weight excluding hydrogens is 356 g/mol. The highest BCUT2D eigenvalue weighted by Crippen LogP contribution is 2.20. The quantitative estimate of drug-likeness (QED) is 0.774. The maximum atomic E-state index is 12.7. The van der Waals surface area contributed by atoms with E-state index in [-0.39, 0.29) is 5.92 Å². The molecule has 0 aliphatic heterocycles. The number of hydrogen-bond acceptors (Lipinski definition) is 5. The van der Waals surface area contributed by atoms with Crippen LogP contribution < -0.4 is 5.32 Å². The first-order valence-electron chi connectivity index (χ1n) is 9.16. The number of ether oxygens (including phenoxy) is 1. The van der Waals surface area contributed by atoms with Crippen LogP contribution in [0, 0.1) is 31.1 Å². The second-order valence-electron chi connectivity index (χ2n) is 7.30. The monoisotopic (exact) mass is 382 g/mol. The van der Waals surface area contributed by atoms with Crippen molar-refractivity contribution in [3.05, 3.63) is 47.3 Å². The lowest BCUT2D eigenvalue weighted by atomic mass is 9.90. The minimum Gasteiger partial charge on any atom is -0.449 e. The Morgan fingerprint density at radius 3 is 2.36 bits per heavy atom. The molecule has 0 saturated carbocycles. The number of benzene rings is 1. The second-order valence-corrected chi connectivity index (χ2v) is 7.30. The van der Waals surface area contributed by atoms with Gasteiger partial charge in [0.05, 0.1) is 23.1 Å². The van der Waals surface area contributed by atoms with Gasteiger partial charge in [0.15, 0.2) is 6.10 Å². The first-order chi connectivity index (χ1) is 13.1. The molecular formula is C21H26N4O3. The number of amides is 1. The molecule has 7 nitrogen and oxygen atoms in total. The lowest BCUT2D eigenvalue weighted by Gasteiger charge is -2.28. The molecule has 0 fully saturated rings. The number of para-hydroxylation sites is 1. The molecule has 7 heteroatoms. The normalized spacial score (nSPS) is 14.1. The molecule has 2 atom stereocenters. The van der Waals surface area contributed by atoms with Gasteiger partial charge in [-0.3, -0.25) is 4.79 Å². The average Bonchev–Trinajstić information content (AvgIpc) is 2.96. The number of aryl methyl sites for hydroxylation is 1. The second kappa shape index (κ2) is 8.26. The van der Waals surface area contributed by atoms with Gasteiger partial charge in [0.25, 0.3) is 5.91 Å². The van der Waals surface area contributed by atoms with Crippen LogP contribution in [0.4, 0.5) is 0 Å². The number of aromatic nitrogens is 2. The van der Waals surface area contributed by atoms with Crippen molar-refractivity contribution in [2.45, 2.75) is 53.2 Å². The van der Waals surface area contributed by atoms with Gasteiger partial charge in [-0.05, 0) is 45.7 Å². The van der Waals surface area contributed by atoms with Crippen LogP contribution in [0.2, 0.25) is 0 Å². The third-order valence-electron chi connectivity index (χ3n) is 4.92. The lowest BCUT2D eigenvalue weighted by molar-refractivity contribution is -0.130. The van der Waals surface area contributed by atoms with Crippen molar-refractivity contribution in [3.63, 3.8) is 0 Å². The van der Waals surface area contributed by atoms with Gasteiger partial charge in [0.1, 0.15) is 11.1 Å². The zero-order valence-corrected chi connectivity index (χ0v) is 17.1. The van der Waals surface area contributed by atoms with Gasteiger partial charge in [0.2, 0.25) is 0 Å². The van der Waals surface area contributed by atoms with E-state index in [0.717, 1.165) is 5.69 Å². The Morgan fingerprint density at radius 1 is 1.21 bits per heavy atom. The maximum absolute atomic E-state index is 12.7. The van der Waals surface area contributed by atoms with Crippen LogP contribution in [0.5, 0.6) is 0 Å². The Morgan fingerprint density at radius 2 is 1.82 bits per heavy atom. The van der Waals surface area contributed by atoms with Crippen molar-refractivity contribution in [1.29, 1.82) is 5.26 Å². The van der Waals surface area contributed by atoms with E-state index in [2.05, 4.69) is 16.5 Å². The first kappa shape index (κ1) is 21.2. The number of nitriles is 1. The number of esters is 1. The maximum Gasteiger partial charge on any atom is 0.342 e. The third kappa shape index (κ3) is 4.22.